The lowest BCUT2D eigenvalue weighted by Gasteiger charge is -2.17. The summed E-state index contributed by atoms with van der Waals surface area (Å²) in [7, 11) is 0. The maximum absolute atomic E-state index is 12.3. The topological polar surface area (TPSA) is 81.7 Å². The fourth-order valence-corrected chi connectivity index (χ4v) is 2.68. The Labute approximate surface area is 140 Å². The molecule has 124 valence electrons. The van der Waals surface area contributed by atoms with E-state index in [2.05, 4.69) is 10.6 Å². The van der Waals surface area contributed by atoms with Crippen LogP contribution in [0.4, 0.5) is 16.2 Å². The van der Waals surface area contributed by atoms with E-state index in [9.17, 15) is 14.7 Å². The lowest BCUT2D eigenvalue weighted by molar-refractivity contribution is -0.115. The molecular formula is C18H19N3O3. The van der Waals surface area contributed by atoms with Gasteiger partial charge in [0.25, 0.3) is 0 Å². The summed E-state index contributed by atoms with van der Waals surface area (Å²) < 4.78 is 0. The number of aromatic hydroxyl groups is 1. The molecule has 1 heterocycles. The average Bonchev–Trinajstić information content (AvgIpc) is 2.95. The van der Waals surface area contributed by atoms with Gasteiger partial charge in [0.1, 0.15) is 5.75 Å². The van der Waals surface area contributed by atoms with E-state index in [1.807, 2.05) is 19.1 Å². The highest BCUT2D eigenvalue weighted by molar-refractivity contribution is 5.97. The van der Waals surface area contributed by atoms with E-state index in [0.717, 1.165) is 16.8 Å². The van der Waals surface area contributed by atoms with Crippen molar-refractivity contribution in [3.05, 3.63) is 53.6 Å². The SMILES string of the molecule is Cc1ccc(N2CCNC2=O)cc1NC(=O)Cc1cccc(O)c1. The van der Waals surface area contributed by atoms with E-state index in [1.54, 1.807) is 35.2 Å². The molecule has 2 aromatic rings. The molecule has 3 rings (SSSR count). The number of hydrogen-bond acceptors (Lipinski definition) is 3. The molecule has 0 saturated carbocycles. The molecule has 0 bridgehead atoms. The zero-order valence-corrected chi connectivity index (χ0v) is 13.4. The summed E-state index contributed by atoms with van der Waals surface area (Å²) in [5, 5.41) is 15.1. The summed E-state index contributed by atoms with van der Waals surface area (Å²) in [5.74, 6) is -0.0368. The number of hydrogen-bond donors (Lipinski definition) is 3. The Morgan fingerprint density at radius 2 is 2.12 bits per heavy atom. The van der Waals surface area contributed by atoms with Crippen LogP contribution in [0.15, 0.2) is 42.5 Å². The molecule has 3 N–H and O–H groups in total. The number of anilines is 2. The molecule has 0 radical (unpaired) electrons. The molecule has 0 aromatic heterocycles. The van der Waals surface area contributed by atoms with Crippen molar-refractivity contribution in [2.75, 3.05) is 23.3 Å². The van der Waals surface area contributed by atoms with E-state index < -0.39 is 0 Å². The number of rotatable bonds is 4. The summed E-state index contributed by atoms with van der Waals surface area (Å²) in [6.07, 6.45) is 0.169. The van der Waals surface area contributed by atoms with Gasteiger partial charge in [0.15, 0.2) is 0 Å². The summed E-state index contributed by atoms with van der Waals surface area (Å²) in [5.41, 5.74) is 3.09. The number of carbonyl (C=O) groups excluding carboxylic acids is 2. The lowest BCUT2D eigenvalue weighted by atomic mass is 10.1. The van der Waals surface area contributed by atoms with Crippen molar-refractivity contribution in [2.45, 2.75) is 13.3 Å². The van der Waals surface area contributed by atoms with E-state index >= 15 is 0 Å². The van der Waals surface area contributed by atoms with E-state index in [1.165, 1.54) is 0 Å². The molecule has 1 fully saturated rings. The molecule has 6 heteroatoms. The first-order chi connectivity index (χ1) is 11.5. The van der Waals surface area contributed by atoms with Crippen LogP contribution in [0.1, 0.15) is 11.1 Å². The first kappa shape index (κ1) is 15.9. The second kappa shape index (κ2) is 6.62. The number of nitrogens with zero attached hydrogens (tertiary/aromatic N) is 1. The van der Waals surface area contributed by atoms with Crippen molar-refractivity contribution < 1.29 is 14.7 Å². The van der Waals surface area contributed by atoms with Crippen LogP contribution >= 0.6 is 0 Å². The largest absolute Gasteiger partial charge is 0.508 e. The van der Waals surface area contributed by atoms with E-state index in [0.29, 0.717) is 18.8 Å². The molecule has 3 amide bonds. The van der Waals surface area contributed by atoms with Gasteiger partial charge >= 0.3 is 6.03 Å². The Morgan fingerprint density at radius 3 is 2.83 bits per heavy atom. The fraction of sp³-hybridized carbons (Fsp3) is 0.222. The van der Waals surface area contributed by atoms with Crippen LogP contribution in [0.3, 0.4) is 0 Å². The molecule has 0 atom stereocenters. The number of phenolic OH excluding ortho intramolecular Hbond substituents is 1. The van der Waals surface area contributed by atoms with Crippen molar-refractivity contribution >= 4 is 23.3 Å². The van der Waals surface area contributed by atoms with Crippen LogP contribution in [0.2, 0.25) is 0 Å². The Kier molecular flexibility index (Phi) is 4.37. The van der Waals surface area contributed by atoms with Gasteiger partial charge in [0, 0.05) is 24.5 Å². The van der Waals surface area contributed by atoms with Gasteiger partial charge in [-0.2, -0.15) is 0 Å². The molecule has 6 nitrogen and oxygen atoms in total. The van der Waals surface area contributed by atoms with Gasteiger partial charge in [-0.15, -0.1) is 0 Å². The van der Waals surface area contributed by atoms with Crippen LogP contribution < -0.4 is 15.5 Å². The van der Waals surface area contributed by atoms with E-state index in [4.69, 9.17) is 0 Å². The van der Waals surface area contributed by atoms with Gasteiger partial charge in [-0.1, -0.05) is 18.2 Å². The fourth-order valence-electron chi connectivity index (χ4n) is 2.68. The molecule has 0 aliphatic carbocycles. The highest BCUT2D eigenvalue weighted by Gasteiger charge is 2.21. The molecule has 2 aromatic carbocycles. The number of nitrogens with one attached hydrogen (secondary N) is 2. The lowest BCUT2D eigenvalue weighted by Crippen LogP contribution is -2.27. The van der Waals surface area contributed by atoms with Gasteiger partial charge < -0.3 is 15.7 Å². The van der Waals surface area contributed by atoms with Crippen LogP contribution in [-0.2, 0) is 11.2 Å². The first-order valence-corrected chi connectivity index (χ1v) is 7.77. The van der Waals surface area contributed by atoms with Crippen LogP contribution in [0.25, 0.3) is 0 Å². The zero-order valence-electron chi connectivity index (χ0n) is 13.4. The van der Waals surface area contributed by atoms with Crippen molar-refractivity contribution in [2.24, 2.45) is 0 Å². The maximum atomic E-state index is 12.3. The summed E-state index contributed by atoms with van der Waals surface area (Å²) >= 11 is 0. The van der Waals surface area contributed by atoms with Crippen LogP contribution in [0, 0.1) is 6.92 Å². The average molecular weight is 325 g/mol. The third-order valence-corrected chi connectivity index (χ3v) is 3.94. The summed E-state index contributed by atoms with van der Waals surface area (Å²) in [6.45, 7) is 3.13. The Hall–Kier alpha value is -3.02. The highest BCUT2D eigenvalue weighted by atomic mass is 16.3. The molecule has 0 spiro atoms. The van der Waals surface area contributed by atoms with Gasteiger partial charge in [-0.3, -0.25) is 9.69 Å². The third kappa shape index (κ3) is 3.48. The third-order valence-electron chi connectivity index (χ3n) is 3.94. The second-order valence-corrected chi connectivity index (χ2v) is 5.78. The highest BCUT2D eigenvalue weighted by Crippen LogP contribution is 2.24. The van der Waals surface area contributed by atoms with Gasteiger partial charge in [0.05, 0.1) is 6.42 Å². The smallest absolute Gasteiger partial charge is 0.321 e. The normalized spacial score (nSPS) is 13.7. The van der Waals surface area contributed by atoms with Gasteiger partial charge in [-0.05, 0) is 42.3 Å². The van der Waals surface area contributed by atoms with Crippen LogP contribution in [0.5, 0.6) is 5.75 Å². The van der Waals surface area contributed by atoms with E-state index in [-0.39, 0.29) is 24.1 Å². The minimum atomic E-state index is -0.174. The molecule has 1 aliphatic heterocycles. The van der Waals surface area contributed by atoms with Gasteiger partial charge in [0.2, 0.25) is 5.91 Å². The maximum Gasteiger partial charge on any atom is 0.321 e. The minimum Gasteiger partial charge on any atom is -0.508 e. The Balaban J connectivity index is 1.74. The standard InChI is InChI=1S/C18H19N3O3/c1-12-5-6-14(21-8-7-19-18(21)24)11-16(12)20-17(23)10-13-3-2-4-15(22)9-13/h2-6,9,11,22H,7-8,10H2,1H3,(H,19,24)(H,20,23). The summed E-state index contributed by atoms with van der Waals surface area (Å²) in [6, 6.07) is 12.0. The number of urea groups is 1. The van der Waals surface area contributed by atoms with Crippen molar-refractivity contribution in [3.8, 4) is 5.75 Å². The molecule has 1 saturated heterocycles. The Bertz CT molecular complexity index is 789. The molecular weight excluding hydrogens is 306 g/mol. The van der Waals surface area contributed by atoms with Gasteiger partial charge in [-0.25, -0.2) is 4.79 Å². The molecule has 24 heavy (non-hydrogen) atoms. The molecule has 1 aliphatic rings. The number of carbonyl (C=O) groups is 2. The number of phenols is 1. The first-order valence-electron chi connectivity index (χ1n) is 7.77. The minimum absolute atomic E-state index is 0.129. The monoisotopic (exact) mass is 325 g/mol. The number of amides is 3. The Morgan fingerprint density at radius 1 is 1.29 bits per heavy atom. The van der Waals surface area contributed by atoms with Crippen molar-refractivity contribution in [1.82, 2.24) is 5.32 Å². The number of aryl methyl sites for hydroxylation is 1. The number of benzene rings is 2. The van der Waals surface area contributed by atoms with Crippen LogP contribution in [-0.4, -0.2) is 30.1 Å². The van der Waals surface area contributed by atoms with Crippen molar-refractivity contribution in [1.29, 1.82) is 0 Å². The zero-order chi connectivity index (χ0) is 17.1. The quantitative estimate of drug-likeness (QED) is 0.807. The summed E-state index contributed by atoms with van der Waals surface area (Å²) in [4.78, 5) is 25.7. The predicted molar refractivity (Wildman–Crippen MR) is 92.4 cm³/mol. The predicted octanol–water partition coefficient (Wildman–Crippen LogP) is 2.41. The van der Waals surface area contributed by atoms with Crippen molar-refractivity contribution in [3.63, 3.8) is 0 Å². The molecule has 0 unspecified atom stereocenters. The second-order valence-electron chi connectivity index (χ2n) is 5.78.